The molecule has 142 valence electrons. The van der Waals surface area contributed by atoms with Gasteiger partial charge in [0, 0.05) is 15.0 Å². The van der Waals surface area contributed by atoms with E-state index in [1.807, 2.05) is 0 Å². The molecule has 0 spiro atoms. The van der Waals surface area contributed by atoms with E-state index in [1.165, 1.54) is 18.2 Å². The molecule has 0 amide bonds. The average Bonchev–Trinajstić information content (AvgIpc) is 2.44. The number of sulfonamides is 2. The molecule has 0 bridgehead atoms. The smallest absolute Gasteiger partial charge is 0.290 e. The molecule has 0 radical (unpaired) electrons. The van der Waals surface area contributed by atoms with Gasteiger partial charge in [-0.15, -0.1) is 0 Å². The minimum atomic E-state index is -4.06. The molecule has 0 saturated carbocycles. The topological polar surface area (TPSA) is 189 Å². The molecule has 2 aromatic rings. The second-order valence-electron chi connectivity index (χ2n) is 4.64. The molecule has 6 N–H and O–H groups in total. The Kier molecular flexibility index (Phi) is 7.26. The number of nitro benzene ring substituents is 1. The molecule has 0 aliphatic carbocycles. The molecular weight excluding hydrogens is 520 g/mol. The molecule has 0 aliphatic rings. The summed E-state index contributed by atoms with van der Waals surface area (Å²) in [5.74, 6) is 0. The zero-order valence-electron chi connectivity index (χ0n) is 12.7. The van der Waals surface area contributed by atoms with Gasteiger partial charge in [-0.25, -0.2) is 27.1 Å². The van der Waals surface area contributed by atoms with Gasteiger partial charge < -0.3 is 5.73 Å². The molecule has 0 heterocycles. The third kappa shape index (κ3) is 6.30. The number of hydrogen-bond acceptors (Lipinski definition) is 7. The number of nitrogen functional groups attached to an aromatic ring is 1. The predicted molar refractivity (Wildman–Crippen MR) is 102 cm³/mol. The SMILES string of the molecule is NS(=O)(=O)c1ccc(Br)cc1[N+](=O)[O-].Nc1cc(Br)ccc1S(N)(=O)=O. The van der Waals surface area contributed by atoms with Crippen molar-refractivity contribution in [2.24, 2.45) is 10.3 Å². The van der Waals surface area contributed by atoms with Gasteiger partial charge in [0.05, 0.1) is 10.6 Å². The molecule has 0 aromatic heterocycles. The minimum Gasteiger partial charge on any atom is -0.398 e. The minimum absolute atomic E-state index is 0.0503. The maximum atomic E-state index is 10.9. The van der Waals surface area contributed by atoms with Crippen LogP contribution in [0, 0.1) is 10.1 Å². The molecule has 10 nitrogen and oxygen atoms in total. The van der Waals surface area contributed by atoms with Gasteiger partial charge >= 0.3 is 0 Å². The summed E-state index contributed by atoms with van der Waals surface area (Å²) in [6.07, 6.45) is 0. The van der Waals surface area contributed by atoms with Crippen LogP contribution in [0.1, 0.15) is 0 Å². The Labute approximate surface area is 165 Å². The van der Waals surface area contributed by atoms with Crippen LogP contribution in [0.2, 0.25) is 0 Å². The summed E-state index contributed by atoms with van der Waals surface area (Å²) < 4.78 is 44.7. The number of hydrogen-bond donors (Lipinski definition) is 3. The van der Waals surface area contributed by atoms with Crippen LogP contribution < -0.4 is 16.0 Å². The van der Waals surface area contributed by atoms with E-state index in [0.717, 1.165) is 12.1 Å². The van der Waals surface area contributed by atoms with Crippen molar-refractivity contribution in [2.75, 3.05) is 5.73 Å². The van der Waals surface area contributed by atoms with Gasteiger partial charge in [-0.05, 0) is 30.3 Å². The molecule has 0 saturated heterocycles. The number of anilines is 1. The van der Waals surface area contributed by atoms with Crippen LogP contribution in [-0.2, 0) is 20.0 Å². The van der Waals surface area contributed by atoms with E-state index >= 15 is 0 Å². The third-order valence-corrected chi connectivity index (χ3v) is 5.63. The Morgan fingerprint density at radius 2 is 1.27 bits per heavy atom. The molecule has 0 unspecified atom stereocenters. The Bertz CT molecular complexity index is 1060. The highest BCUT2D eigenvalue weighted by Crippen LogP contribution is 2.26. The second-order valence-corrected chi connectivity index (χ2v) is 9.53. The van der Waals surface area contributed by atoms with Crippen molar-refractivity contribution < 1.29 is 21.8 Å². The number of nitrogens with two attached hydrogens (primary N) is 3. The van der Waals surface area contributed by atoms with Crippen molar-refractivity contribution >= 4 is 63.3 Å². The molecular formula is C12H12Br2N4O6S2. The summed E-state index contributed by atoms with van der Waals surface area (Å²) in [6, 6.07) is 7.94. The largest absolute Gasteiger partial charge is 0.398 e. The van der Waals surface area contributed by atoms with Gasteiger partial charge in [-0.3, -0.25) is 10.1 Å². The first-order valence-corrected chi connectivity index (χ1v) is 11.0. The zero-order chi connectivity index (χ0) is 20.3. The molecule has 14 heteroatoms. The third-order valence-electron chi connectivity index (χ3n) is 2.70. The first-order valence-electron chi connectivity index (χ1n) is 6.28. The van der Waals surface area contributed by atoms with Crippen molar-refractivity contribution in [3.63, 3.8) is 0 Å². The molecule has 0 aliphatic heterocycles. The van der Waals surface area contributed by atoms with Crippen LogP contribution in [-0.4, -0.2) is 21.8 Å². The number of benzene rings is 2. The first-order chi connectivity index (χ1) is 11.7. The van der Waals surface area contributed by atoms with Crippen molar-refractivity contribution in [3.8, 4) is 0 Å². The van der Waals surface area contributed by atoms with E-state index in [4.69, 9.17) is 16.0 Å². The fourth-order valence-electron chi connectivity index (χ4n) is 1.65. The van der Waals surface area contributed by atoms with Gasteiger partial charge in [0.2, 0.25) is 20.0 Å². The zero-order valence-corrected chi connectivity index (χ0v) is 17.5. The van der Waals surface area contributed by atoms with E-state index in [-0.39, 0.29) is 10.6 Å². The average molecular weight is 532 g/mol. The van der Waals surface area contributed by atoms with E-state index in [0.29, 0.717) is 8.95 Å². The molecule has 26 heavy (non-hydrogen) atoms. The van der Waals surface area contributed by atoms with Gasteiger partial charge in [-0.1, -0.05) is 31.9 Å². The summed E-state index contributed by atoms with van der Waals surface area (Å²) in [4.78, 5) is 9.14. The Balaban J connectivity index is 0.000000263. The van der Waals surface area contributed by atoms with Crippen LogP contribution in [0.4, 0.5) is 11.4 Å². The highest BCUT2D eigenvalue weighted by Gasteiger charge is 2.22. The fraction of sp³-hybridized carbons (Fsp3) is 0. The molecule has 0 fully saturated rings. The van der Waals surface area contributed by atoms with Crippen LogP contribution in [0.3, 0.4) is 0 Å². The molecule has 0 atom stereocenters. The van der Waals surface area contributed by atoms with Crippen molar-refractivity contribution in [3.05, 3.63) is 55.5 Å². The first kappa shape index (κ1) is 22.5. The van der Waals surface area contributed by atoms with Crippen LogP contribution in [0.15, 0.2) is 55.1 Å². The quantitative estimate of drug-likeness (QED) is 0.304. The van der Waals surface area contributed by atoms with Crippen LogP contribution in [0.5, 0.6) is 0 Å². The van der Waals surface area contributed by atoms with Crippen molar-refractivity contribution in [1.82, 2.24) is 0 Å². The van der Waals surface area contributed by atoms with Crippen LogP contribution in [0.25, 0.3) is 0 Å². The number of nitro groups is 1. The second kappa shape index (κ2) is 8.41. The predicted octanol–water partition coefficient (Wildman–Crippen LogP) is 1.68. The van der Waals surface area contributed by atoms with E-state index in [9.17, 15) is 26.9 Å². The maximum absolute atomic E-state index is 10.9. The van der Waals surface area contributed by atoms with Gasteiger partial charge in [0.25, 0.3) is 5.69 Å². The van der Waals surface area contributed by atoms with E-state index in [2.05, 4.69) is 31.9 Å². The lowest BCUT2D eigenvalue weighted by atomic mass is 10.3. The van der Waals surface area contributed by atoms with Gasteiger partial charge in [0.15, 0.2) is 4.90 Å². The van der Waals surface area contributed by atoms with Gasteiger partial charge in [0.1, 0.15) is 4.90 Å². The highest BCUT2D eigenvalue weighted by atomic mass is 79.9. The Morgan fingerprint density at radius 1 is 0.846 bits per heavy atom. The van der Waals surface area contributed by atoms with E-state index in [1.54, 1.807) is 6.07 Å². The summed E-state index contributed by atoms with van der Waals surface area (Å²) in [7, 11) is -7.75. The maximum Gasteiger partial charge on any atom is 0.290 e. The Morgan fingerprint density at radius 3 is 1.65 bits per heavy atom. The summed E-state index contributed by atoms with van der Waals surface area (Å²) >= 11 is 6.14. The lowest BCUT2D eigenvalue weighted by Crippen LogP contribution is -2.14. The molecule has 2 aromatic carbocycles. The van der Waals surface area contributed by atoms with Crippen molar-refractivity contribution in [2.45, 2.75) is 9.79 Å². The standard InChI is InChI=1S/C6H5BrN2O4S.C6H7BrN2O2S/c7-4-1-2-6(14(8,12)13)5(3-4)9(10)11;7-4-1-2-6(5(8)3-4)12(9,10)11/h1-3H,(H2,8,12,13);1-3H,8H2,(H2,9,10,11). The number of nitrogens with zero attached hydrogens (tertiary/aromatic N) is 1. The lowest BCUT2D eigenvalue weighted by molar-refractivity contribution is -0.387. The number of primary sulfonamides is 2. The normalized spacial score (nSPS) is 11.4. The summed E-state index contributed by atoms with van der Waals surface area (Å²) in [6.45, 7) is 0. The fourth-order valence-corrected chi connectivity index (χ4v) is 3.71. The van der Waals surface area contributed by atoms with E-state index < -0.39 is 35.6 Å². The van der Waals surface area contributed by atoms with Crippen molar-refractivity contribution in [1.29, 1.82) is 0 Å². The highest BCUT2D eigenvalue weighted by molar-refractivity contribution is 9.10. The summed E-state index contributed by atoms with van der Waals surface area (Å²) in [5, 5.41) is 20.2. The van der Waals surface area contributed by atoms with Gasteiger partial charge in [-0.2, -0.15) is 0 Å². The monoisotopic (exact) mass is 530 g/mol. The number of halogens is 2. The number of rotatable bonds is 3. The lowest BCUT2D eigenvalue weighted by Gasteiger charge is -2.02. The van der Waals surface area contributed by atoms with Crippen LogP contribution >= 0.6 is 31.9 Å². The Hall–Kier alpha value is -1.58. The summed E-state index contributed by atoms with van der Waals surface area (Å²) in [5.41, 5.74) is 5.02. The molecule has 2 rings (SSSR count).